The van der Waals surface area contributed by atoms with Crippen LogP contribution in [-0.4, -0.2) is 46.9 Å². The van der Waals surface area contributed by atoms with E-state index in [-0.39, 0.29) is 18.2 Å². The summed E-state index contributed by atoms with van der Waals surface area (Å²) in [6.07, 6.45) is 1.48. The maximum Gasteiger partial charge on any atom is 0.407 e. The quantitative estimate of drug-likeness (QED) is 0.369. The summed E-state index contributed by atoms with van der Waals surface area (Å²) < 4.78 is 32.4. The van der Waals surface area contributed by atoms with Crippen molar-refractivity contribution < 1.29 is 23.4 Å². The van der Waals surface area contributed by atoms with Gasteiger partial charge in [0, 0.05) is 23.6 Å². The number of rotatable bonds is 6. The molecular weight excluding hydrogens is 483 g/mol. The average molecular weight is 511 g/mol. The molecule has 1 N–H and O–H groups in total. The number of halogens is 1. The van der Waals surface area contributed by atoms with Crippen LogP contribution in [0.4, 0.5) is 9.18 Å². The molecule has 0 aliphatic carbocycles. The van der Waals surface area contributed by atoms with Crippen LogP contribution in [0.2, 0.25) is 0 Å². The van der Waals surface area contributed by atoms with Gasteiger partial charge in [0.15, 0.2) is 11.6 Å². The molecule has 0 unspecified atom stereocenters. The van der Waals surface area contributed by atoms with Gasteiger partial charge in [0.05, 0.1) is 47.7 Å². The molecule has 2 aromatic carbocycles. The van der Waals surface area contributed by atoms with E-state index < -0.39 is 17.5 Å². The van der Waals surface area contributed by atoms with Crippen molar-refractivity contribution in [1.82, 2.24) is 20.3 Å². The predicted octanol–water partition coefficient (Wildman–Crippen LogP) is 5.44. The second kappa shape index (κ2) is 9.16. The molecule has 0 saturated heterocycles. The minimum atomic E-state index is -0.809. The molecule has 1 aliphatic heterocycles. The van der Waals surface area contributed by atoms with Crippen LogP contribution in [-0.2, 0) is 11.2 Å². The van der Waals surface area contributed by atoms with E-state index >= 15 is 4.39 Å². The van der Waals surface area contributed by atoms with Crippen molar-refractivity contribution in [3.05, 3.63) is 41.3 Å². The molecule has 188 valence electrons. The summed E-state index contributed by atoms with van der Waals surface area (Å²) in [4.78, 5) is 25.9. The van der Waals surface area contributed by atoms with E-state index in [0.29, 0.717) is 35.5 Å². The van der Waals surface area contributed by atoms with Crippen molar-refractivity contribution in [3.63, 3.8) is 0 Å². The number of alkyl carbamates (subject to hydrolysis) is 1. The molecule has 0 fully saturated rings. The zero-order chi connectivity index (χ0) is 25.6. The van der Waals surface area contributed by atoms with Gasteiger partial charge >= 0.3 is 6.09 Å². The smallest absolute Gasteiger partial charge is 0.407 e. The Hall–Kier alpha value is -3.53. The van der Waals surface area contributed by atoms with Crippen LogP contribution in [0.15, 0.2) is 24.4 Å². The number of thiazole rings is 1. The van der Waals surface area contributed by atoms with Gasteiger partial charge in [-0.1, -0.05) is 13.8 Å². The molecule has 4 aromatic rings. The Kier molecular flexibility index (Phi) is 6.15. The Morgan fingerprint density at radius 1 is 1.28 bits per heavy atom. The van der Waals surface area contributed by atoms with Crippen LogP contribution in [0.1, 0.15) is 31.9 Å². The topological polar surface area (TPSA) is 95.5 Å². The highest BCUT2D eigenvalue weighted by atomic mass is 32.1. The van der Waals surface area contributed by atoms with E-state index in [1.807, 2.05) is 39.8 Å². The molecule has 1 aliphatic rings. The molecule has 0 saturated carbocycles. The summed E-state index contributed by atoms with van der Waals surface area (Å²) >= 11 is 1.47. The van der Waals surface area contributed by atoms with Crippen molar-refractivity contribution >= 4 is 38.7 Å². The Bertz CT molecular complexity index is 1490. The number of fused-ring (bicyclic) bond motifs is 4. The number of benzene rings is 2. The fourth-order valence-corrected chi connectivity index (χ4v) is 5.38. The Labute approximate surface area is 211 Å². The summed E-state index contributed by atoms with van der Waals surface area (Å²) in [5.74, 6) is 0.399. The standard InChI is InChI=1S/C26H27FN4O4S/c1-13(2)11-34-25(32)29-12-26(4)9-16-22(35-26)17(27)8-19-23(16)36-24(31-19)15-6-14(3)7-18-21(15)28-10-20(30-18)33-5/h6-8,10,13H,9,11-12H2,1-5H3,(H,29,32)/t26-/m0/s1. The van der Waals surface area contributed by atoms with Gasteiger partial charge in [-0.05, 0) is 37.5 Å². The molecule has 1 amide bonds. The summed E-state index contributed by atoms with van der Waals surface area (Å²) in [6.45, 7) is 8.27. The normalized spacial score (nSPS) is 16.9. The molecule has 10 heteroatoms. The summed E-state index contributed by atoms with van der Waals surface area (Å²) in [5, 5.41) is 3.46. The minimum absolute atomic E-state index is 0.186. The lowest BCUT2D eigenvalue weighted by atomic mass is 9.99. The number of ether oxygens (including phenoxy) is 3. The molecule has 8 nitrogen and oxygen atoms in total. The molecule has 36 heavy (non-hydrogen) atoms. The van der Waals surface area contributed by atoms with Gasteiger partial charge in [-0.3, -0.25) is 0 Å². The van der Waals surface area contributed by atoms with Crippen molar-refractivity contribution in [3.8, 4) is 22.2 Å². The number of nitrogens with zero attached hydrogens (tertiary/aromatic N) is 3. The fourth-order valence-electron chi connectivity index (χ4n) is 4.28. The first-order valence-electron chi connectivity index (χ1n) is 11.7. The Balaban J connectivity index is 1.48. The maximum absolute atomic E-state index is 15.1. The average Bonchev–Trinajstić information content (AvgIpc) is 3.42. The number of methoxy groups -OCH3 is 1. The number of aromatic nitrogens is 3. The molecule has 1 atom stereocenters. The number of carbonyl (C=O) groups is 1. The van der Waals surface area contributed by atoms with E-state index in [0.717, 1.165) is 26.4 Å². The lowest BCUT2D eigenvalue weighted by Gasteiger charge is -2.24. The third kappa shape index (κ3) is 4.53. The number of amides is 1. The predicted molar refractivity (Wildman–Crippen MR) is 136 cm³/mol. The number of nitrogens with one attached hydrogen (secondary N) is 1. The van der Waals surface area contributed by atoms with Crippen LogP contribution in [0.25, 0.3) is 31.8 Å². The lowest BCUT2D eigenvalue weighted by Crippen LogP contribution is -2.44. The highest BCUT2D eigenvalue weighted by Crippen LogP contribution is 2.45. The van der Waals surface area contributed by atoms with Gasteiger partial charge in [0.25, 0.3) is 0 Å². The molecule has 0 spiro atoms. The highest BCUT2D eigenvalue weighted by molar-refractivity contribution is 7.22. The minimum Gasteiger partial charge on any atom is -0.482 e. The monoisotopic (exact) mass is 510 g/mol. The molecule has 0 bridgehead atoms. The number of hydrogen-bond donors (Lipinski definition) is 1. The van der Waals surface area contributed by atoms with Gasteiger partial charge in [0.2, 0.25) is 5.88 Å². The van der Waals surface area contributed by atoms with Crippen LogP contribution >= 0.6 is 11.3 Å². The van der Waals surface area contributed by atoms with Gasteiger partial charge in [-0.25, -0.2) is 24.1 Å². The second-order valence-corrected chi connectivity index (χ2v) is 10.7. The van der Waals surface area contributed by atoms with Crippen molar-refractivity contribution in [2.45, 2.75) is 39.7 Å². The van der Waals surface area contributed by atoms with Gasteiger partial charge in [-0.2, -0.15) is 0 Å². The van der Waals surface area contributed by atoms with E-state index in [9.17, 15) is 4.79 Å². The summed E-state index contributed by atoms with van der Waals surface area (Å²) in [5.41, 5.74) is 3.72. The van der Waals surface area contributed by atoms with Crippen LogP contribution in [0, 0.1) is 18.7 Å². The molecule has 2 aromatic heterocycles. The molecule has 3 heterocycles. The molecule has 0 radical (unpaired) electrons. The largest absolute Gasteiger partial charge is 0.482 e. The van der Waals surface area contributed by atoms with E-state index in [2.05, 4.69) is 15.3 Å². The van der Waals surface area contributed by atoms with E-state index in [1.54, 1.807) is 13.3 Å². The van der Waals surface area contributed by atoms with Gasteiger partial charge in [-0.15, -0.1) is 11.3 Å². The number of carbonyl (C=O) groups excluding carboxylic acids is 1. The van der Waals surface area contributed by atoms with Crippen molar-refractivity contribution in [1.29, 1.82) is 0 Å². The van der Waals surface area contributed by atoms with Gasteiger partial charge < -0.3 is 19.5 Å². The fraction of sp³-hybridized carbons (Fsp3) is 0.385. The number of hydrogen-bond acceptors (Lipinski definition) is 8. The zero-order valence-corrected chi connectivity index (χ0v) is 21.6. The lowest BCUT2D eigenvalue weighted by molar-refractivity contribution is 0.0948. The third-order valence-corrected chi connectivity index (χ3v) is 7.11. The van der Waals surface area contributed by atoms with Gasteiger partial charge in [0.1, 0.15) is 10.6 Å². The molecular formula is C26H27FN4O4S. The number of aryl methyl sites for hydroxylation is 1. The third-order valence-electron chi connectivity index (χ3n) is 5.94. The SMILES string of the molecule is COc1cnc2c(-c3nc4cc(F)c5c(c4s3)C[C@@](C)(CNC(=O)OCC(C)C)O5)cc(C)cc2n1. The first-order valence-corrected chi connectivity index (χ1v) is 12.5. The highest BCUT2D eigenvalue weighted by Gasteiger charge is 2.39. The van der Waals surface area contributed by atoms with E-state index in [1.165, 1.54) is 17.4 Å². The summed E-state index contributed by atoms with van der Waals surface area (Å²) in [7, 11) is 1.55. The van der Waals surface area contributed by atoms with Crippen LogP contribution in [0.3, 0.4) is 0 Å². The first-order chi connectivity index (χ1) is 17.2. The van der Waals surface area contributed by atoms with Crippen molar-refractivity contribution in [2.75, 3.05) is 20.3 Å². The van der Waals surface area contributed by atoms with E-state index in [4.69, 9.17) is 19.2 Å². The zero-order valence-electron chi connectivity index (χ0n) is 20.8. The Morgan fingerprint density at radius 2 is 2.08 bits per heavy atom. The second-order valence-electron chi connectivity index (χ2n) is 9.70. The molecule has 5 rings (SSSR count). The Morgan fingerprint density at radius 3 is 2.83 bits per heavy atom. The van der Waals surface area contributed by atoms with Crippen LogP contribution in [0.5, 0.6) is 11.6 Å². The van der Waals surface area contributed by atoms with Crippen LogP contribution < -0.4 is 14.8 Å². The first kappa shape index (κ1) is 24.2. The summed E-state index contributed by atoms with van der Waals surface area (Å²) in [6, 6.07) is 5.35. The van der Waals surface area contributed by atoms with Crippen molar-refractivity contribution in [2.24, 2.45) is 5.92 Å². The maximum atomic E-state index is 15.1.